The smallest absolute Gasteiger partial charge is 0.321 e. The van der Waals surface area contributed by atoms with Crippen molar-refractivity contribution in [1.82, 2.24) is 20.9 Å². The minimum absolute atomic E-state index is 0.444. The number of rotatable bonds is 2. The molecule has 8 heteroatoms. The molecule has 4 amide bonds. The standard InChI is InChI=1S/C7H10N4O4/c1-2(5(12)13)11-4-3(9-7(11)15)8-6(14)10-4/h2-4H,1H3,(H,9,15)(H,12,13)(H2,8,10,14)/p-1/t2-,3+,4+/m1/s1. The van der Waals surface area contributed by atoms with Crippen LogP contribution in [-0.2, 0) is 4.79 Å². The summed E-state index contributed by atoms with van der Waals surface area (Å²) in [4.78, 5) is 34.0. The SMILES string of the molecule is C[C@H](C(=O)[O-])N1C(=O)N[C@@H]2NC(=O)N[C@H]21. The Kier molecular flexibility index (Phi) is 1.92. The summed E-state index contributed by atoms with van der Waals surface area (Å²) < 4.78 is 0. The second-order valence-electron chi connectivity index (χ2n) is 3.39. The molecule has 2 fully saturated rings. The Hall–Kier alpha value is -1.99. The molecule has 0 aromatic heterocycles. The Labute approximate surface area is 84.6 Å². The Morgan fingerprint density at radius 2 is 2.07 bits per heavy atom. The molecule has 0 spiro atoms. The molecule has 3 atom stereocenters. The van der Waals surface area contributed by atoms with E-state index in [2.05, 4.69) is 16.0 Å². The highest BCUT2D eigenvalue weighted by atomic mass is 16.4. The molecule has 3 N–H and O–H groups in total. The van der Waals surface area contributed by atoms with Crippen LogP contribution in [0.15, 0.2) is 0 Å². The van der Waals surface area contributed by atoms with Gasteiger partial charge in [0.2, 0.25) is 0 Å². The molecule has 2 saturated heterocycles. The highest BCUT2D eigenvalue weighted by Gasteiger charge is 2.47. The van der Waals surface area contributed by atoms with E-state index in [4.69, 9.17) is 0 Å². The van der Waals surface area contributed by atoms with E-state index in [-0.39, 0.29) is 0 Å². The molecule has 0 aromatic carbocycles. The van der Waals surface area contributed by atoms with E-state index < -0.39 is 36.4 Å². The second-order valence-corrected chi connectivity index (χ2v) is 3.39. The van der Waals surface area contributed by atoms with Crippen molar-refractivity contribution in [3.05, 3.63) is 0 Å². The molecule has 0 bridgehead atoms. The molecule has 0 unspecified atom stereocenters. The summed E-state index contributed by atoms with van der Waals surface area (Å²) in [6.07, 6.45) is -1.27. The van der Waals surface area contributed by atoms with Crippen LogP contribution in [0.2, 0.25) is 0 Å². The molecule has 82 valence electrons. The molecule has 0 saturated carbocycles. The Balaban J connectivity index is 2.20. The highest BCUT2D eigenvalue weighted by molar-refractivity contribution is 5.87. The number of carbonyl (C=O) groups excluding carboxylic acids is 3. The maximum Gasteiger partial charge on any atom is 0.321 e. The number of carboxylic acid groups (broad SMARTS) is 1. The molecule has 8 nitrogen and oxygen atoms in total. The molecule has 2 aliphatic rings. The van der Waals surface area contributed by atoms with Crippen molar-refractivity contribution >= 4 is 18.0 Å². The molecule has 2 aliphatic heterocycles. The number of urea groups is 2. The van der Waals surface area contributed by atoms with Crippen molar-refractivity contribution in [2.75, 3.05) is 0 Å². The zero-order chi connectivity index (χ0) is 11.2. The van der Waals surface area contributed by atoms with Gasteiger partial charge >= 0.3 is 12.1 Å². The topological polar surface area (TPSA) is 114 Å². The van der Waals surface area contributed by atoms with Gasteiger partial charge in [-0.1, -0.05) is 0 Å². The summed E-state index contributed by atoms with van der Waals surface area (Å²) in [6.45, 7) is 1.32. The number of aliphatic carboxylic acids is 1. The first-order chi connectivity index (χ1) is 7.00. The zero-order valence-corrected chi connectivity index (χ0v) is 7.81. The third kappa shape index (κ3) is 1.34. The van der Waals surface area contributed by atoms with Gasteiger partial charge in [-0.05, 0) is 6.92 Å². The van der Waals surface area contributed by atoms with E-state index in [1.807, 2.05) is 0 Å². The maximum atomic E-state index is 11.4. The number of hydrogen-bond acceptors (Lipinski definition) is 4. The van der Waals surface area contributed by atoms with Gasteiger partial charge in [-0.15, -0.1) is 0 Å². The number of hydrogen-bond donors (Lipinski definition) is 3. The van der Waals surface area contributed by atoms with Crippen LogP contribution < -0.4 is 21.1 Å². The van der Waals surface area contributed by atoms with Crippen molar-refractivity contribution < 1.29 is 19.5 Å². The summed E-state index contributed by atoms with van der Waals surface area (Å²) in [5.74, 6) is -1.37. The monoisotopic (exact) mass is 213 g/mol. The lowest BCUT2D eigenvalue weighted by molar-refractivity contribution is -0.310. The maximum absolute atomic E-state index is 11.4. The van der Waals surface area contributed by atoms with E-state index in [0.717, 1.165) is 4.90 Å². The number of amides is 4. The molecular formula is C7H9N4O4-. The summed E-state index contributed by atoms with van der Waals surface area (Å²) in [6, 6.07) is -2.09. The van der Waals surface area contributed by atoms with E-state index in [9.17, 15) is 19.5 Å². The second kappa shape index (κ2) is 3.01. The third-order valence-electron chi connectivity index (χ3n) is 2.45. The Bertz CT molecular complexity index is 344. The van der Waals surface area contributed by atoms with Crippen LogP contribution in [0.4, 0.5) is 9.59 Å². The number of nitrogens with zero attached hydrogens (tertiary/aromatic N) is 1. The summed E-state index contributed by atoms with van der Waals surface area (Å²) in [7, 11) is 0. The summed E-state index contributed by atoms with van der Waals surface area (Å²) >= 11 is 0. The van der Waals surface area contributed by atoms with Gasteiger partial charge in [0.25, 0.3) is 0 Å². The van der Waals surface area contributed by atoms with E-state index in [0.29, 0.717) is 0 Å². The van der Waals surface area contributed by atoms with E-state index in [1.54, 1.807) is 0 Å². The normalized spacial score (nSPS) is 30.3. The van der Waals surface area contributed by atoms with Crippen LogP contribution in [0.5, 0.6) is 0 Å². The van der Waals surface area contributed by atoms with E-state index in [1.165, 1.54) is 6.92 Å². The molecule has 0 radical (unpaired) electrons. The van der Waals surface area contributed by atoms with E-state index >= 15 is 0 Å². The number of fused-ring (bicyclic) bond motifs is 1. The van der Waals surface area contributed by atoms with Crippen molar-refractivity contribution in [3.8, 4) is 0 Å². The van der Waals surface area contributed by atoms with Crippen molar-refractivity contribution in [1.29, 1.82) is 0 Å². The van der Waals surface area contributed by atoms with Gasteiger partial charge in [0, 0.05) is 0 Å². The third-order valence-corrected chi connectivity index (χ3v) is 2.45. The summed E-state index contributed by atoms with van der Waals surface area (Å²) in [5, 5.41) is 17.9. The fourth-order valence-electron chi connectivity index (χ4n) is 1.69. The number of carbonyl (C=O) groups is 3. The van der Waals surface area contributed by atoms with Crippen LogP contribution >= 0.6 is 0 Å². The van der Waals surface area contributed by atoms with Crippen LogP contribution in [0, 0.1) is 0 Å². The lowest BCUT2D eigenvalue weighted by atomic mass is 10.3. The molecule has 2 heterocycles. The van der Waals surface area contributed by atoms with Gasteiger partial charge in [-0.3, -0.25) is 4.90 Å². The lowest BCUT2D eigenvalue weighted by Gasteiger charge is -2.28. The fourth-order valence-corrected chi connectivity index (χ4v) is 1.69. The van der Waals surface area contributed by atoms with Gasteiger partial charge in [-0.25, -0.2) is 9.59 Å². The summed E-state index contributed by atoms with van der Waals surface area (Å²) in [5.41, 5.74) is 0. The van der Waals surface area contributed by atoms with Crippen LogP contribution in [0.25, 0.3) is 0 Å². The molecule has 0 aliphatic carbocycles. The minimum Gasteiger partial charge on any atom is -0.548 e. The van der Waals surface area contributed by atoms with Crippen molar-refractivity contribution in [2.24, 2.45) is 0 Å². The predicted octanol–water partition coefficient (Wildman–Crippen LogP) is -2.88. The molecular weight excluding hydrogens is 204 g/mol. The zero-order valence-electron chi connectivity index (χ0n) is 7.81. The molecule has 15 heavy (non-hydrogen) atoms. The fraction of sp³-hybridized carbons (Fsp3) is 0.571. The van der Waals surface area contributed by atoms with Crippen LogP contribution in [-0.4, -0.2) is 41.3 Å². The first kappa shape index (κ1) is 9.56. The predicted molar refractivity (Wildman–Crippen MR) is 44.1 cm³/mol. The van der Waals surface area contributed by atoms with Gasteiger partial charge in [0.15, 0.2) is 0 Å². The average molecular weight is 213 g/mol. The Morgan fingerprint density at radius 1 is 1.40 bits per heavy atom. The molecule has 0 aromatic rings. The quantitative estimate of drug-likeness (QED) is 0.457. The minimum atomic E-state index is -1.37. The van der Waals surface area contributed by atoms with Crippen LogP contribution in [0.3, 0.4) is 0 Å². The van der Waals surface area contributed by atoms with Crippen molar-refractivity contribution in [2.45, 2.75) is 25.3 Å². The van der Waals surface area contributed by atoms with Crippen LogP contribution in [0.1, 0.15) is 6.92 Å². The van der Waals surface area contributed by atoms with Gasteiger partial charge in [0.05, 0.1) is 12.0 Å². The first-order valence-corrected chi connectivity index (χ1v) is 4.37. The number of nitrogens with one attached hydrogen (secondary N) is 3. The van der Waals surface area contributed by atoms with Gasteiger partial charge in [0.1, 0.15) is 12.3 Å². The number of carboxylic acids is 1. The lowest BCUT2D eigenvalue weighted by Crippen LogP contribution is -2.54. The Morgan fingerprint density at radius 3 is 2.67 bits per heavy atom. The van der Waals surface area contributed by atoms with Gasteiger partial charge < -0.3 is 25.9 Å². The highest BCUT2D eigenvalue weighted by Crippen LogP contribution is 2.16. The van der Waals surface area contributed by atoms with Gasteiger partial charge in [-0.2, -0.15) is 0 Å². The first-order valence-electron chi connectivity index (χ1n) is 4.37. The largest absolute Gasteiger partial charge is 0.548 e. The molecule has 2 rings (SSSR count). The average Bonchev–Trinajstić information content (AvgIpc) is 2.58. The van der Waals surface area contributed by atoms with Crippen molar-refractivity contribution in [3.63, 3.8) is 0 Å².